The highest BCUT2D eigenvalue weighted by molar-refractivity contribution is 6.15. The van der Waals surface area contributed by atoms with Gasteiger partial charge in [0.15, 0.2) is 23.1 Å². The fraction of sp³-hybridized carbons (Fsp3) is 0. The van der Waals surface area contributed by atoms with Crippen molar-refractivity contribution in [2.24, 2.45) is 0 Å². The van der Waals surface area contributed by atoms with Gasteiger partial charge < -0.3 is 4.42 Å². The zero-order valence-electron chi connectivity index (χ0n) is 24.1. The van der Waals surface area contributed by atoms with E-state index in [0.29, 0.717) is 17.5 Å². The fourth-order valence-electron chi connectivity index (χ4n) is 6.09. The second kappa shape index (κ2) is 10.2. The van der Waals surface area contributed by atoms with E-state index in [1.807, 2.05) is 78.9 Å². The first-order chi connectivity index (χ1) is 22.3. The maximum atomic E-state index is 6.65. The van der Waals surface area contributed by atoms with Gasteiger partial charge in [0.2, 0.25) is 0 Å². The molecule has 3 heterocycles. The van der Waals surface area contributed by atoms with Crippen LogP contribution in [0.25, 0.3) is 89.0 Å². The number of hydrogen-bond acceptors (Lipinski definition) is 5. The molecule has 0 saturated heterocycles. The minimum atomic E-state index is 0.564. The molecule has 0 atom stereocenters. The summed E-state index contributed by atoms with van der Waals surface area (Å²) in [5.41, 5.74) is 7.90. The van der Waals surface area contributed by atoms with E-state index in [1.54, 1.807) is 0 Å². The molecule has 0 saturated carbocycles. The molecule has 0 spiro atoms. The Balaban J connectivity index is 1.35. The average molecular weight is 577 g/mol. The number of pyridine rings is 1. The van der Waals surface area contributed by atoms with Crippen LogP contribution in [0.1, 0.15) is 0 Å². The summed E-state index contributed by atoms with van der Waals surface area (Å²) < 4.78 is 6.65. The van der Waals surface area contributed by atoms with Gasteiger partial charge in [0, 0.05) is 27.6 Å². The summed E-state index contributed by atoms with van der Waals surface area (Å²) in [5, 5.41) is 4.20. The molecular formula is C40H24N4O. The van der Waals surface area contributed by atoms with Crippen LogP contribution in [0, 0.1) is 0 Å². The minimum absolute atomic E-state index is 0.564. The van der Waals surface area contributed by atoms with Gasteiger partial charge in [0.25, 0.3) is 0 Å². The zero-order valence-corrected chi connectivity index (χ0v) is 24.1. The quantitative estimate of drug-likeness (QED) is 0.209. The van der Waals surface area contributed by atoms with Crippen molar-refractivity contribution >= 4 is 43.7 Å². The molecule has 0 amide bonds. The van der Waals surface area contributed by atoms with Gasteiger partial charge in [-0.3, -0.25) is 0 Å². The molecule has 45 heavy (non-hydrogen) atoms. The number of fused-ring (bicyclic) bond motifs is 5. The van der Waals surface area contributed by atoms with Crippen molar-refractivity contribution in [1.29, 1.82) is 0 Å². The summed E-state index contributed by atoms with van der Waals surface area (Å²) in [4.78, 5) is 20.3. The highest BCUT2D eigenvalue weighted by Crippen LogP contribution is 2.41. The Morgan fingerprint density at radius 2 is 1.02 bits per heavy atom. The van der Waals surface area contributed by atoms with Crippen molar-refractivity contribution in [2.45, 2.75) is 0 Å². The molecule has 5 nitrogen and oxygen atoms in total. The first-order valence-electron chi connectivity index (χ1n) is 14.9. The Hall–Kier alpha value is -6.20. The van der Waals surface area contributed by atoms with Gasteiger partial charge in [-0.25, -0.2) is 19.9 Å². The molecule has 210 valence electrons. The molecule has 0 aliphatic rings. The van der Waals surface area contributed by atoms with E-state index in [0.717, 1.165) is 66.2 Å². The fourth-order valence-corrected chi connectivity index (χ4v) is 6.09. The topological polar surface area (TPSA) is 64.7 Å². The van der Waals surface area contributed by atoms with Crippen LogP contribution in [-0.2, 0) is 0 Å². The maximum absolute atomic E-state index is 6.65. The van der Waals surface area contributed by atoms with E-state index in [-0.39, 0.29) is 0 Å². The predicted molar refractivity (Wildman–Crippen MR) is 182 cm³/mol. The lowest BCUT2D eigenvalue weighted by atomic mass is 9.99. The van der Waals surface area contributed by atoms with E-state index in [1.165, 1.54) is 5.39 Å². The summed E-state index contributed by atoms with van der Waals surface area (Å²) >= 11 is 0. The molecule has 0 unspecified atom stereocenters. The third-order valence-electron chi connectivity index (χ3n) is 8.30. The smallest absolute Gasteiger partial charge is 0.164 e. The van der Waals surface area contributed by atoms with Gasteiger partial charge >= 0.3 is 0 Å². The first kappa shape index (κ1) is 25.3. The van der Waals surface area contributed by atoms with Crippen LogP contribution >= 0.6 is 0 Å². The van der Waals surface area contributed by atoms with Gasteiger partial charge in [-0.1, -0.05) is 115 Å². The van der Waals surface area contributed by atoms with E-state index in [9.17, 15) is 0 Å². The Morgan fingerprint density at radius 3 is 1.82 bits per heavy atom. The Bertz CT molecular complexity index is 2540. The van der Waals surface area contributed by atoms with Crippen molar-refractivity contribution in [2.75, 3.05) is 0 Å². The molecule has 6 aromatic carbocycles. The molecule has 0 fully saturated rings. The van der Waals surface area contributed by atoms with E-state index in [4.69, 9.17) is 24.4 Å². The molecule has 0 aliphatic heterocycles. The number of nitrogens with zero attached hydrogens (tertiary/aromatic N) is 4. The summed E-state index contributed by atoms with van der Waals surface area (Å²) in [7, 11) is 0. The standard InChI is InChI=1S/C40H24N4O/c1-3-12-26(13-4-1)31-21-22-32(35-36-34(45-37(31)35)24-29-17-9-10-18-33(29)41-36)40-43-38(27-14-5-2-6-15-27)42-39(44-40)30-20-19-25-11-7-8-16-28(25)23-30/h1-24H. The van der Waals surface area contributed by atoms with Crippen molar-refractivity contribution in [3.63, 3.8) is 0 Å². The molecule has 0 radical (unpaired) electrons. The molecule has 9 rings (SSSR count). The van der Waals surface area contributed by atoms with Crippen molar-refractivity contribution in [3.8, 4) is 45.3 Å². The van der Waals surface area contributed by atoms with Gasteiger partial charge in [0.1, 0.15) is 11.1 Å². The van der Waals surface area contributed by atoms with Crippen molar-refractivity contribution in [1.82, 2.24) is 19.9 Å². The Labute approximate surface area is 258 Å². The zero-order chi connectivity index (χ0) is 29.7. The van der Waals surface area contributed by atoms with Crippen LogP contribution in [0.15, 0.2) is 150 Å². The van der Waals surface area contributed by atoms with Gasteiger partial charge in [-0.15, -0.1) is 0 Å². The third-order valence-corrected chi connectivity index (χ3v) is 8.30. The van der Waals surface area contributed by atoms with Crippen LogP contribution < -0.4 is 0 Å². The van der Waals surface area contributed by atoms with Crippen LogP contribution in [0.4, 0.5) is 0 Å². The lowest BCUT2D eigenvalue weighted by molar-refractivity contribution is 0.670. The van der Waals surface area contributed by atoms with Gasteiger partial charge in [0.05, 0.1) is 10.9 Å². The molecule has 5 heteroatoms. The average Bonchev–Trinajstić information content (AvgIpc) is 3.49. The summed E-state index contributed by atoms with van der Waals surface area (Å²) in [6.07, 6.45) is 0. The minimum Gasteiger partial charge on any atom is -0.454 e. The van der Waals surface area contributed by atoms with E-state index < -0.39 is 0 Å². The Kier molecular flexibility index (Phi) is 5.74. The first-order valence-corrected chi connectivity index (χ1v) is 14.9. The second-order valence-electron chi connectivity index (χ2n) is 11.1. The number of rotatable bonds is 4. The predicted octanol–water partition coefficient (Wildman–Crippen LogP) is 10.1. The van der Waals surface area contributed by atoms with Crippen molar-refractivity contribution < 1.29 is 4.42 Å². The third kappa shape index (κ3) is 4.33. The van der Waals surface area contributed by atoms with Gasteiger partial charge in [-0.2, -0.15) is 0 Å². The number of hydrogen-bond donors (Lipinski definition) is 0. The molecule has 0 aliphatic carbocycles. The summed E-state index contributed by atoms with van der Waals surface area (Å²) in [5.74, 6) is 1.78. The second-order valence-corrected chi connectivity index (χ2v) is 11.1. The molecule has 3 aromatic heterocycles. The van der Waals surface area contributed by atoms with Crippen LogP contribution in [0.5, 0.6) is 0 Å². The number of para-hydroxylation sites is 1. The lowest BCUT2D eigenvalue weighted by Gasteiger charge is -2.11. The monoisotopic (exact) mass is 576 g/mol. The Morgan fingerprint density at radius 1 is 0.400 bits per heavy atom. The highest BCUT2D eigenvalue weighted by atomic mass is 16.3. The summed E-state index contributed by atoms with van der Waals surface area (Å²) in [6.45, 7) is 0. The van der Waals surface area contributed by atoms with Crippen LogP contribution in [0.3, 0.4) is 0 Å². The number of benzene rings is 6. The molecule has 0 bridgehead atoms. The van der Waals surface area contributed by atoms with Crippen molar-refractivity contribution in [3.05, 3.63) is 146 Å². The molecule has 0 N–H and O–H groups in total. The lowest BCUT2D eigenvalue weighted by Crippen LogP contribution is -2.00. The maximum Gasteiger partial charge on any atom is 0.164 e. The number of furan rings is 1. The highest BCUT2D eigenvalue weighted by Gasteiger charge is 2.22. The SMILES string of the molecule is c1ccc(-c2nc(-c3ccc4ccccc4c3)nc(-c3ccc(-c4ccccc4)c4oc5cc6ccccc6nc5c34)n2)cc1. The van der Waals surface area contributed by atoms with Crippen LogP contribution in [-0.4, -0.2) is 19.9 Å². The van der Waals surface area contributed by atoms with Gasteiger partial charge in [-0.05, 0) is 46.7 Å². The molecular weight excluding hydrogens is 552 g/mol. The van der Waals surface area contributed by atoms with E-state index in [2.05, 4.69) is 66.7 Å². The molecule has 9 aromatic rings. The van der Waals surface area contributed by atoms with Crippen LogP contribution in [0.2, 0.25) is 0 Å². The van der Waals surface area contributed by atoms with E-state index >= 15 is 0 Å². The largest absolute Gasteiger partial charge is 0.454 e. The summed E-state index contributed by atoms with van der Waals surface area (Å²) in [6, 6.07) is 49.3. The normalized spacial score (nSPS) is 11.6. The number of aromatic nitrogens is 4.